The fraction of sp³-hybridized carbons (Fsp3) is 0.0909. The molecule has 0 bridgehead atoms. The van der Waals surface area contributed by atoms with E-state index in [0.29, 0.717) is 0 Å². The second-order valence-electron chi connectivity index (χ2n) is 3.29. The van der Waals surface area contributed by atoms with Crippen molar-refractivity contribution in [1.82, 2.24) is 9.78 Å². The minimum absolute atomic E-state index is 0.826. The molecule has 0 aliphatic heterocycles. The van der Waals surface area contributed by atoms with Gasteiger partial charge >= 0.3 is 0 Å². The van der Waals surface area contributed by atoms with Gasteiger partial charge in [-0.05, 0) is 30.3 Å². The maximum absolute atomic E-state index is 4.18. The maximum Gasteiger partial charge on any atom is 0.105 e. The van der Waals surface area contributed by atoms with Crippen LogP contribution >= 0.6 is 15.9 Å². The van der Waals surface area contributed by atoms with E-state index in [1.165, 1.54) is 0 Å². The lowest BCUT2D eigenvalue weighted by Crippen LogP contribution is -1.93. The van der Waals surface area contributed by atoms with Crippen LogP contribution < -0.4 is 5.43 Å². The van der Waals surface area contributed by atoms with Crippen LogP contribution in [0.4, 0.5) is 5.69 Å². The minimum Gasteiger partial charge on any atom is -0.278 e. The average molecular weight is 279 g/mol. The summed E-state index contributed by atoms with van der Waals surface area (Å²) in [5.41, 5.74) is 4.70. The number of hydrogen-bond acceptors (Lipinski definition) is 3. The summed E-state index contributed by atoms with van der Waals surface area (Å²) in [7, 11) is 1.87. The van der Waals surface area contributed by atoms with Gasteiger partial charge in [0.15, 0.2) is 0 Å². The van der Waals surface area contributed by atoms with Crippen LogP contribution in [0.3, 0.4) is 0 Å². The lowest BCUT2D eigenvalue weighted by Gasteiger charge is -1.98. The normalized spacial score (nSPS) is 10.9. The van der Waals surface area contributed by atoms with Crippen molar-refractivity contribution in [3.8, 4) is 0 Å². The van der Waals surface area contributed by atoms with E-state index in [2.05, 4.69) is 31.6 Å². The first-order valence-electron chi connectivity index (χ1n) is 4.78. The molecule has 0 atom stereocenters. The highest BCUT2D eigenvalue weighted by molar-refractivity contribution is 9.10. The summed E-state index contributed by atoms with van der Waals surface area (Å²) in [6.07, 6.45) is 3.56. The summed E-state index contributed by atoms with van der Waals surface area (Å²) in [6.45, 7) is 0. The van der Waals surface area contributed by atoms with Gasteiger partial charge in [0, 0.05) is 17.7 Å². The summed E-state index contributed by atoms with van der Waals surface area (Å²) in [5, 5.41) is 8.26. The monoisotopic (exact) mass is 278 g/mol. The number of halogens is 1. The number of nitrogens with zero attached hydrogens (tertiary/aromatic N) is 3. The van der Waals surface area contributed by atoms with Crippen molar-refractivity contribution in [2.75, 3.05) is 5.43 Å². The van der Waals surface area contributed by atoms with Crippen LogP contribution in [-0.2, 0) is 7.05 Å². The van der Waals surface area contributed by atoms with Gasteiger partial charge in [-0.2, -0.15) is 10.2 Å². The van der Waals surface area contributed by atoms with E-state index in [1.807, 2.05) is 43.6 Å². The quantitative estimate of drug-likeness (QED) is 0.693. The van der Waals surface area contributed by atoms with Gasteiger partial charge in [-0.1, -0.05) is 15.9 Å². The summed E-state index contributed by atoms with van der Waals surface area (Å²) in [4.78, 5) is 0. The second-order valence-corrected chi connectivity index (χ2v) is 4.21. The lowest BCUT2D eigenvalue weighted by atomic mass is 10.3. The summed E-state index contributed by atoms with van der Waals surface area (Å²) >= 11 is 3.37. The minimum atomic E-state index is 0.826. The Hall–Kier alpha value is -1.62. The highest BCUT2D eigenvalue weighted by atomic mass is 79.9. The third-order valence-electron chi connectivity index (χ3n) is 1.97. The number of hydrazone groups is 1. The molecule has 2 aromatic rings. The average Bonchev–Trinajstić information content (AvgIpc) is 2.67. The van der Waals surface area contributed by atoms with Crippen molar-refractivity contribution >= 4 is 27.8 Å². The summed E-state index contributed by atoms with van der Waals surface area (Å²) < 4.78 is 2.79. The van der Waals surface area contributed by atoms with Gasteiger partial charge in [-0.15, -0.1) is 0 Å². The molecule has 1 heterocycles. The van der Waals surface area contributed by atoms with Crippen LogP contribution in [-0.4, -0.2) is 16.0 Å². The van der Waals surface area contributed by atoms with Crippen molar-refractivity contribution in [3.63, 3.8) is 0 Å². The van der Waals surface area contributed by atoms with Crippen molar-refractivity contribution in [2.24, 2.45) is 12.1 Å². The smallest absolute Gasteiger partial charge is 0.105 e. The fourth-order valence-corrected chi connectivity index (χ4v) is 1.46. The molecule has 2 rings (SSSR count). The van der Waals surface area contributed by atoms with Crippen molar-refractivity contribution in [3.05, 3.63) is 46.7 Å². The van der Waals surface area contributed by atoms with Crippen molar-refractivity contribution < 1.29 is 0 Å². The van der Waals surface area contributed by atoms with Crippen LogP contribution in [0, 0.1) is 0 Å². The van der Waals surface area contributed by atoms with E-state index >= 15 is 0 Å². The molecular formula is C11H11BrN4. The number of anilines is 1. The van der Waals surface area contributed by atoms with E-state index in [1.54, 1.807) is 10.9 Å². The Kier molecular flexibility index (Phi) is 3.36. The molecule has 0 radical (unpaired) electrons. The van der Waals surface area contributed by atoms with E-state index < -0.39 is 0 Å². The Labute approximate surface area is 102 Å². The van der Waals surface area contributed by atoms with Gasteiger partial charge in [-0.25, -0.2) is 0 Å². The van der Waals surface area contributed by atoms with Gasteiger partial charge in [0.1, 0.15) is 5.69 Å². The number of nitrogens with one attached hydrogen (secondary N) is 1. The van der Waals surface area contributed by atoms with Gasteiger partial charge < -0.3 is 0 Å². The molecular weight excluding hydrogens is 268 g/mol. The SMILES string of the molecule is Cn1ccc(/C=N/Nc2ccc(Br)cc2)n1. The maximum atomic E-state index is 4.18. The zero-order chi connectivity index (χ0) is 11.4. The van der Waals surface area contributed by atoms with Crippen LogP contribution in [0.5, 0.6) is 0 Å². The van der Waals surface area contributed by atoms with Crippen molar-refractivity contribution in [2.45, 2.75) is 0 Å². The zero-order valence-electron chi connectivity index (χ0n) is 8.76. The number of aryl methyl sites for hydroxylation is 1. The topological polar surface area (TPSA) is 42.2 Å². The van der Waals surface area contributed by atoms with Crippen LogP contribution in [0.15, 0.2) is 46.1 Å². The fourth-order valence-electron chi connectivity index (χ4n) is 1.20. The number of rotatable bonds is 3. The zero-order valence-corrected chi connectivity index (χ0v) is 10.3. The molecule has 1 aromatic heterocycles. The molecule has 0 spiro atoms. The van der Waals surface area contributed by atoms with Crippen LogP contribution in [0.2, 0.25) is 0 Å². The summed E-state index contributed by atoms with van der Waals surface area (Å²) in [5.74, 6) is 0. The summed E-state index contributed by atoms with van der Waals surface area (Å²) in [6, 6.07) is 9.70. The predicted molar refractivity (Wildman–Crippen MR) is 68.6 cm³/mol. The molecule has 1 aromatic carbocycles. The number of benzene rings is 1. The molecule has 0 amide bonds. The molecule has 0 fully saturated rings. The molecule has 0 aliphatic rings. The van der Waals surface area contributed by atoms with Gasteiger partial charge in [0.05, 0.1) is 11.9 Å². The molecule has 82 valence electrons. The Balaban J connectivity index is 1.97. The first-order chi connectivity index (χ1) is 7.74. The van der Waals surface area contributed by atoms with E-state index in [-0.39, 0.29) is 0 Å². The Bertz CT molecular complexity index is 487. The standard InChI is InChI=1S/C11H11BrN4/c1-16-7-6-11(15-16)8-13-14-10-4-2-9(12)3-5-10/h2-8,14H,1H3/b13-8+. The molecule has 0 saturated heterocycles. The molecule has 16 heavy (non-hydrogen) atoms. The molecule has 5 heteroatoms. The van der Waals surface area contributed by atoms with Crippen LogP contribution in [0.25, 0.3) is 0 Å². The van der Waals surface area contributed by atoms with Gasteiger partial charge in [0.25, 0.3) is 0 Å². The van der Waals surface area contributed by atoms with E-state index in [9.17, 15) is 0 Å². The highest BCUT2D eigenvalue weighted by Crippen LogP contribution is 2.13. The molecule has 0 aliphatic carbocycles. The first-order valence-corrected chi connectivity index (χ1v) is 5.57. The second kappa shape index (κ2) is 4.94. The molecule has 1 N–H and O–H groups in total. The largest absolute Gasteiger partial charge is 0.278 e. The van der Waals surface area contributed by atoms with Crippen molar-refractivity contribution in [1.29, 1.82) is 0 Å². The molecule has 0 unspecified atom stereocenters. The number of hydrogen-bond donors (Lipinski definition) is 1. The molecule has 4 nitrogen and oxygen atoms in total. The number of aromatic nitrogens is 2. The van der Waals surface area contributed by atoms with Gasteiger partial charge in [0.2, 0.25) is 0 Å². The Morgan fingerprint density at radius 1 is 1.31 bits per heavy atom. The lowest BCUT2D eigenvalue weighted by molar-refractivity contribution is 0.765. The highest BCUT2D eigenvalue weighted by Gasteiger charge is 1.91. The third-order valence-corrected chi connectivity index (χ3v) is 2.50. The van der Waals surface area contributed by atoms with E-state index in [0.717, 1.165) is 15.9 Å². The Morgan fingerprint density at radius 3 is 2.69 bits per heavy atom. The Morgan fingerprint density at radius 2 is 2.06 bits per heavy atom. The first kappa shape index (κ1) is 10.9. The van der Waals surface area contributed by atoms with Gasteiger partial charge in [-0.3, -0.25) is 10.1 Å². The van der Waals surface area contributed by atoms with E-state index in [4.69, 9.17) is 0 Å². The molecule has 0 saturated carbocycles. The predicted octanol–water partition coefficient (Wildman–Crippen LogP) is 2.63. The van der Waals surface area contributed by atoms with Crippen LogP contribution in [0.1, 0.15) is 5.69 Å². The third kappa shape index (κ3) is 2.93.